The molecular formula is C15H12FN3O2S. The molecule has 0 atom stereocenters. The van der Waals surface area contributed by atoms with Gasteiger partial charge in [0.25, 0.3) is 5.69 Å². The zero-order valence-corrected chi connectivity index (χ0v) is 12.5. The second kappa shape index (κ2) is 5.69. The molecule has 0 aliphatic heterocycles. The second-order valence-electron chi connectivity index (χ2n) is 4.82. The lowest BCUT2D eigenvalue weighted by Crippen LogP contribution is -2.17. The Bertz CT molecular complexity index is 817. The summed E-state index contributed by atoms with van der Waals surface area (Å²) in [5, 5.41) is 11.9. The Kier molecular flexibility index (Phi) is 3.72. The highest BCUT2D eigenvalue weighted by Crippen LogP contribution is 2.30. The Balaban J connectivity index is 1.92. The number of aromatic nitrogens is 1. The van der Waals surface area contributed by atoms with Crippen molar-refractivity contribution in [2.45, 2.75) is 6.54 Å². The van der Waals surface area contributed by atoms with Crippen LogP contribution in [0.15, 0.2) is 42.5 Å². The van der Waals surface area contributed by atoms with E-state index < -0.39 is 10.7 Å². The molecule has 0 amide bonds. The van der Waals surface area contributed by atoms with E-state index in [0.717, 1.165) is 21.3 Å². The quantitative estimate of drug-likeness (QED) is 0.539. The third-order valence-corrected chi connectivity index (χ3v) is 4.28. The maximum atomic E-state index is 13.4. The number of anilines is 1. The van der Waals surface area contributed by atoms with E-state index in [2.05, 4.69) is 4.98 Å². The van der Waals surface area contributed by atoms with E-state index >= 15 is 0 Å². The first kappa shape index (κ1) is 14.4. The minimum absolute atomic E-state index is 0.120. The van der Waals surface area contributed by atoms with Crippen LogP contribution >= 0.6 is 11.3 Å². The van der Waals surface area contributed by atoms with E-state index in [4.69, 9.17) is 0 Å². The molecule has 112 valence electrons. The molecule has 0 bridgehead atoms. The Labute approximate surface area is 129 Å². The summed E-state index contributed by atoms with van der Waals surface area (Å²) in [6.07, 6.45) is 0. The molecule has 0 saturated carbocycles. The van der Waals surface area contributed by atoms with Crippen LogP contribution < -0.4 is 4.90 Å². The summed E-state index contributed by atoms with van der Waals surface area (Å²) >= 11 is 1.52. The predicted molar refractivity (Wildman–Crippen MR) is 84.8 cm³/mol. The van der Waals surface area contributed by atoms with E-state index in [-0.39, 0.29) is 11.4 Å². The molecule has 0 unspecified atom stereocenters. The summed E-state index contributed by atoms with van der Waals surface area (Å²) < 4.78 is 14.5. The van der Waals surface area contributed by atoms with Crippen LogP contribution in [0.3, 0.4) is 0 Å². The number of nitrogens with zero attached hydrogens (tertiary/aromatic N) is 3. The van der Waals surface area contributed by atoms with Gasteiger partial charge < -0.3 is 4.90 Å². The van der Waals surface area contributed by atoms with E-state index in [1.54, 1.807) is 11.9 Å². The van der Waals surface area contributed by atoms with Gasteiger partial charge in [0.2, 0.25) is 0 Å². The Hall–Kier alpha value is -2.54. The summed E-state index contributed by atoms with van der Waals surface area (Å²) in [5.41, 5.74) is 1.01. The van der Waals surface area contributed by atoms with E-state index in [9.17, 15) is 14.5 Å². The van der Waals surface area contributed by atoms with Gasteiger partial charge in [-0.15, -0.1) is 11.3 Å². The monoisotopic (exact) mass is 317 g/mol. The highest BCUT2D eigenvalue weighted by molar-refractivity contribution is 7.18. The molecule has 0 radical (unpaired) electrons. The largest absolute Gasteiger partial charge is 0.362 e. The van der Waals surface area contributed by atoms with Crippen molar-refractivity contribution in [1.29, 1.82) is 0 Å². The van der Waals surface area contributed by atoms with Gasteiger partial charge in [-0.1, -0.05) is 12.1 Å². The number of nitro benzene ring substituents is 1. The maximum Gasteiger partial charge on any atom is 0.292 e. The highest BCUT2D eigenvalue weighted by atomic mass is 32.1. The fourth-order valence-corrected chi connectivity index (χ4v) is 3.25. The third-order valence-electron chi connectivity index (χ3n) is 3.26. The van der Waals surface area contributed by atoms with Crippen LogP contribution in [-0.4, -0.2) is 17.0 Å². The number of nitro groups is 1. The predicted octanol–water partition coefficient (Wildman–Crippen LogP) is 3.98. The Morgan fingerprint density at radius 2 is 2.09 bits per heavy atom. The number of para-hydroxylation sites is 1. The van der Waals surface area contributed by atoms with Crippen molar-refractivity contribution in [3.63, 3.8) is 0 Å². The number of hydrogen-bond donors (Lipinski definition) is 0. The molecule has 2 aromatic carbocycles. The van der Waals surface area contributed by atoms with E-state index in [1.165, 1.54) is 23.5 Å². The molecule has 1 heterocycles. The summed E-state index contributed by atoms with van der Waals surface area (Å²) in [5.74, 6) is -0.503. The molecule has 0 N–H and O–H groups in total. The number of thiazole rings is 1. The van der Waals surface area contributed by atoms with E-state index in [0.29, 0.717) is 6.54 Å². The molecule has 0 saturated heterocycles. The van der Waals surface area contributed by atoms with Crippen molar-refractivity contribution < 1.29 is 9.31 Å². The molecule has 0 aliphatic carbocycles. The molecule has 3 aromatic rings. The zero-order valence-electron chi connectivity index (χ0n) is 11.7. The van der Waals surface area contributed by atoms with E-state index in [1.807, 2.05) is 24.3 Å². The topological polar surface area (TPSA) is 59.3 Å². The number of hydrogen-bond acceptors (Lipinski definition) is 5. The normalized spacial score (nSPS) is 10.8. The van der Waals surface area contributed by atoms with Gasteiger partial charge in [-0.3, -0.25) is 10.1 Å². The van der Waals surface area contributed by atoms with Crippen LogP contribution in [0.5, 0.6) is 0 Å². The Morgan fingerprint density at radius 3 is 2.82 bits per heavy atom. The fraction of sp³-hybridized carbons (Fsp3) is 0.133. The average molecular weight is 317 g/mol. The molecule has 0 spiro atoms. The van der Waals surface area contributed by atoms with Crippen molar-refractivity contribution in [3.8, 4) is 0 Å². The summed E-state index contributed by atoms with van der Waals surface area (Å²) in [6, 6.07) is 11.2. The van der Waals surface area contributed by atoms with Crippen LogP contribution in [0.25, 0.3) is 10.2 Å². The minimum Gasteiger partial charge on any atom is -0.362 e. The van der Waals surface area contributed by atoms with Gasteiger partial charge in [0.15, 0.2) is 0 Å². The van der Waals surface area contributed by atoms with Crippen LogP contribution in [0.4, 0.5) is 15.8 Å². The maximum absolute atomic E-state index is 13.4. The van der Waals surface area contributed by atoms with Gasteiger partial charge in [0.05, 0.1) is 21.7 Å². The third kappa shape index (κ3) is 2.75. The molecule has 3 rings (SSSR count). The van der Waals surface area contributed by atoms with Crippen molar-refractivity contribution in [2.75, 3.05) is 11.9 Å². The second-order valence-corrected chi connectivity index (χ2v) is 5.94. The van der Waals surface area contributed by atoms with Crippen molar-refractivity contribution in [2.24, 2.45) is 0 Å². The SMILES string of the molecule is CN(Cc1nc2ccccc2s1)c1cc(F)ccc1[N+](=O)[O-]. The van der Waals surface area contributed by atoms with Crippen molar-refractivity contribution in [3.05, 3.63) is 63.4 Å². The number of fused-ring (bicyclic) bond motifs is 1. The summed E-state index contributed by atoms with van der Waals surface area (Å²) in [4.78, 5) is 16.7. The van der Waals surface area contributed by atoms with Crippen LogP contribution in [0.1, 0.15) is 5.01 Å². The summed E-state index contributed by atoms with van der Waals surface area (Å²) in [6.45, 7) is 0.379. The van der Waals surface area contributed by atoms with Crippen molar-refractivity contribution >= 4 is 32.9 Å². The first-order chi connectivity index (χ1) is 10.5. The van der Waals surface area contributed by atoms with Crippen LogP contribution in [-0.2, 0) is 6.54 Å². The standard InChI is InChI=1S/C15H12FN3O2S/c1-18(13-8-10(16)6-7-12(13)19(20)21)9-15-17-11-4-2-3-5-14(11)22-15/h2-8H,9H2,1H3. The lowest BCUT2D eigenvalue weighted by Gasteiger charge is -2.17. The van der Waals surface area contributed by atoms with Crippen molar-refractivity contribution in [1.82, 2.24) is 4.98 Å². The Morgan fingerprint density at radius 1 is 1.32 bits per heavy atom. The lowest BCUT2D eigenvalue weighted by molar-refractivity contribution is -0.384. The van der Waals surface area contributed by atoms with Gasteiger partial charge in [-0.2, -0.15) is 0 Å². The van der Waals surface area contributed by atoms with Crippen LogP contribution in [0.2, 0.25) is 0 Å². The molecular weight excluding hydrogens is 305 g/mol. The number of halogens is 1. The molecule has 5 nitrogen and oxygen atoms in total. The first-order valence-electron chi connectivity index (χ1n) is 6.54. The van der Waals surface area contributed by atoms with Gasteiger partial charge in [-0.25, -0.2) is 9.37 Å². The van der Waals surface area contributed by atoms with Gasteiger partial charge in [-0.05, 0) is 18.2 Å². The first-order valence-corrected chi connectivity index (χ1v) is 7.36. The number of benzene rings is 2. The van der Waals surface area contributed by atoms with Gasteiger partial charge in [0.1, 0.15) is 16.5 Å². The van der Waals surface area contributed by atoms with Crippen LogP contribution in [0, 0.1) is 15.9 Å². The molecule has 7 heteroatoms. The number of rotatable bonds is 4. The lowest BCUT2D eigenvalue weighted by atomic mass is 10.2. The average Bonchev–Trinajstić information content (AvgIpc) is 2.88. The minimum atomic E-state index is -0.510. The zero-order chi connectivity index (χ0) is 15.7. The van der Waals surface area contributed by atoms with Gasteiger partial charge in [0, 0.05) is 19.2 Å². The smallest absolute Gasteiger partial charge is 0.292 e. The molecule has 1 aromatic heterocycles. The van der Waals surface area contributed by atoms with Gasteiger partial charge >= 0.3 is 0 Å². The fourth-order valence-electron chi connectivity index (χ4n) is 2.23. The molecule has 0 fully saturated rings. The molecule has 0 aliphatic rings. The molecule has 22 heavy (non-hydrogen) atoms. The summed E-state index contributed by atoms with van der Waals surface area (Å²) in [7, 11) is 1.69. The highest BCUT2D eigenvalue weighted by Gasteiger charge is 2.19.